The lowest BCUT2D eigenvalue weighted by Gasteiger charge is -2.27. The Labute approximate surface area is 91.9 Å². The number of benzene rings is 1. The summed E-state index contributed by atoms with van der Waals surface area (Å²) >= 11 is 0. The molecule has 80 valence electrons. The molecule has 1 aromatic rings. The monoisotopic (exact) mass is 201 g/mol. The maximum absolute atomic E-state index is 3.46. The molecule has 0 spiro atoms. The van der Waals surface area contributed by atoms with Crippen molar-refractivity contribution in [2.45, 2.75) is 25.7 Å². The van der Waals surface area contributed by atoms with Gasteiger partial charge in [-0.3, -0.25) is 0 Å². The minimum absolute atomic E-state index is 0.935. The highest BCUT2D eigenvalue weighted by Crippen LogP contribution is 2.34. The molecule has 0 bridgehead atoms. The Morgan fingerprint density at radius 1 is 0.867 bits per heavy atom. The Hall–Kier alpha value is -0.820. The van der Waals surface area contributed by atoms with Crippen LogP contribution in [0.3, 0.4) is 0 Å². The summed E-state index contributed by atoms with van der Waals surface area (Å²) in [5.41, 5.74) is 3.22. The van der Waals surface area contributed by atoms with E-state index in [1.165, 1.54) is 38.8 Å². The first-order valence-corrected chi connectivity index (χ1v) is 6.21. The Kier molecular flexibility index (Phi) is 2.49. The Bertz CT molecular complexity index is 314. The third kappa shape index (κ3) is 1.81. The average Bonchev–Trinajstić information content (AvgIpc) is 2.74. The van der Waals surface area contributed by atoms with Crippen molar-refractivity contribution in [1.29, 1.82) is 0 Å². The van der Waals surface area contributed by atoms with Gasteiger partial charge in [0, 0.05) is 0 Å². The van der Waals surface area contributed by atoms with E-state index in [4.69, 9.17) is 0 Å². The minimum Gasteiger partial charge on any atom is -0.317 e. The third-order valence-electron chi connectivity index (χ3n) is 4.13. The van der Waals surface area contributed by atoms with Gasteiger partial charge in [0.2, 0.25) is 0 Å². The largest absolute Gasteiger partial charge is 0.317 e. The molecule has 0 radical (unpaired) electrons. The van der Waals surface area contributed by atoms with Gasteiger partial charge < -0.3 is 5.32 Å². The van der Waals surface area contributed by atoms with Crippen LogP contribution in [0.15, 0.2) is 24.3 Å². The first-order valence-electron chi connectivity index (χ1n) is 6.21. The number of hydrogen-bond donors (Lipinski definition) is 1. The number of fused-ring (bicyclic) bond motifs is 1. The lowest BCUT2D eigenvalue weighted by molar-refractivity contribution is 0.267. The van der Waals surface area contributed by atoms with E-state index >= 15 is 0 Å². The standard InChI is InChI=1S/C14H19N/c1-2-4-13-10-14(9-12(13)3-1)11-5-7-15-8-6-11/h1-4,11,14-15H,5-10H2. The van der Waals surface area contributed by atoms with Crippen molar-refractivity contribution in [3.63, 3.8) is 0 Å². The molecule has 0 amide bonds. The molecule has 1 heterocycles. The van der Waals surface area contributed by atoms with E-state index in [2.05, 4.69) is 29.6 Å². The van der Waals surface area contributed by atoms with E-state index in [1.54, 1.807) is 11.1 Å². The summed E-state index contributed by atoms with van der Waals surface area (Å²) < 4.78 is 0. The van der Waals surface area contributed by atoms with E-state index in [0.29, 0.717) is 0 Å². The van der Waals surface area contributed by atoms with Crippen LogP contribution in [0.1, 0.15) is 24.0 Å². The summed E-state index contributed by atoms with van der Waals surface area (Å²) in [6, 6.07) is 9.00. The van der Waals surface area contributed by atoms with Gasteiger partial charge in [0.1, 0.15) is 0 Å². The third-order valence-corrected chi connectivity index (χ3v) is 4.13. The second-order valence-electron chi connectivity index (χ2n) is 5.02. The molecule has 0 unspecified atom stereocenters. The summed E-state index contributed by atoms with van der Waals surface area (Å²) in [4.78, 5) is 0. The fourth-order valence-corrected chi connectivity index (χ4v) is 3.24. The predicted molar refractivity (Wildman–Crippen MR) is 62.9 cm³/mol. The summed E-state index contributed by atoms with van der Waals surface area (Å²) in [6.07, 6.45) is 5.44. The normalized spacial score (nSPS) is 22.9. The SMILES string of the molecule is c1ccc2c(c1)CC(C1CCNCC1)C2. The Morgan fingerprint density at radius 3 is 2.07 bits per heavy atom. The molecule has 1 aliphatic carbocycles. The van der Waals surface area contributed by atoms with Gasteiger partial charge in [-0.1, -0.05) is 24.3 Å². The highest BCUT2D eigenvalue weighted by molar-refractivity contribution is 5.32. The number of rotatable bonds is 1. The van der Waals surface area contributed by atoms with E-state index in [1.807, 2.05) is 0 Å². The molecule has 1 heteroatoms. The van der Waals surface area contributed by atoms with E-state index < -0.39 is 0 Å². The van der Waals surface area contributed by atoms with Gasteiger partial charge in [0.25, 0.3) is 0 Å². The van der Waals surface area contributed by atoms with Gasteiger partial charge in [0.15, 0.2) is 0 Å². The van der Waals surface area contributed by atoms with Crippen LogP contribution in [0.5, 0.6) is 0 Å². The van der Waals surface area contributed by atoms with Gasteiger partial charge in [-0.15, -0.1) is 0 Å². The van der Waals surface area contributed by atoms with E-state index in [0.717, 1.165) is 11.8 Å². The van der Waals surface area contributed by atoms with Crippen molar-refractivity contribution >= 4 is 0 Å². The summed E-state index contributed by atoms with van der Waals surface area (Å²) in [5, 5.41) is 3.46. The van der Waals surface area contributed by atoms with Crippen LogP contribution >= 0.6 is 0 Å². The minimum atomic E-state index is 0.935. The average molecular weight is 201 g/mol. The smallest absolute Gasteiger partial charge is 0.00462 e. The van der Waals surface area contributed by atoms with Crippen molar-refractivity contribution in [2.24, 2.45) is 11.8 Å². The van der Waals surface area contributed by atoms with Crippen molar-refractivity contribution in [3.05, 3.63) is 35.4 Å². The van der Waals surface area contributed by atoms with Crippen molar-refractivity contribution in [3.8, 4) is 0 Å². The lowest BCUT2D eigenvalue weighted by Crippen LogP contribution is -2.31. The highest BCUT2D eigenvalue weighted by atomic mass is 14.9. The first-order chi connectivity index (χ1) is 7.43. The van der Waals surface area contributed by atoms with Crippen LogP contribution in [-0.4, -0.2) is 13.1 Å². The van der Waals surface area contributed by atoms with Gasteiger partial charge in [-0.05, 0) is 61.7 Å². The number of piperidine rings is 1. The van der Waals surface area contributed by atoms with Gasteiger partial charge in [-0.25, -0.2) is 0 Å². The molecule has 1 N–H and O–H groups in total. The summed E-state index contributed by atoms with van der Waals surface area (Å²) in [6.45, 7) is 2.47. The zero-order valence-corrected chi connectivity index (χ0v) is 9.21. The van der Waals surface area contributed by atoms with Crippen molar-refractivity contribution < 1.29 is 0 Å². The molecule has 1 fully saturated rings. The van der Waals surface area contributed by atoms with Crippen LogP contribution in [-0.2, 0) is 12.8 Å². The summed E-state index contributed by atoms with van der Waals surface area (Å²) in [5.74, 6) is 1.91. The molecule has 1 aliphatic heterocycles. The molecule has 0 saturated carbocycles. The van der Waals surface area contributed by atoms with Crippen molar-refractivity contribution in [2.75, 3.05) is 13.1 Å². The molecule has 3 rings (SSSR count). The van der Waals surface area contributed by atoms with Crippen LogP contribution in [0.4, 0.5) is 0 Å². The van der Waals surface area contributed by atoms with Gasteiger partial charge >= 0.3 is 0 Å². The molecule has 1 saturated heterocycles. The zero-order chi connectivity index (χ0) is 10.1. The number of nitrogens with one attached hydrogen (secondary N) is 1. The number of hydrogen-bond acceptors (Lipinski definition) is 1. The zero-order valence-electron chi connectivity index (χ0n) is 9.21. The maximum atomic E-state index is 3.46. The van der Waals surface area contributed by atoms with Gasteiger partial charge in [-0.2, -0.15) is 0 Å². The van der Waals surface area contributed by atoms with Crippen LogP contribution in [0.25, 0.3) is 0 Å². The highest BCUT2D eigenvalue weighted by Gasteiger charge is 2.28. The molecule has 15 heavy (non-hydrogen) atoms. The topological polar surface area (TPSA) is 12.0 Å². The second-order valence-corrected chi connectivity index (χ2v) is 5.02. The van der Waals surface area contributed by atoms with E-state index in [-0.39, 0.29) is 0 Å². The Morgan fingerprint density at radius 2 is 1.47 bits per heavy atom. The maximum Gasteiger partial charge on any atom is -0.00462 e. The lowest BCUT2D eigenvalue weighted by atomic mass is 9.83. The van der Waals surface area contributed by atoms with Crippen LogP contribution < -0.4 is 5.32 Å². The molecule has 1 nitrogen and oxygen atoms in total. The second kappa shape index (κ2) is 3.97. The van der Waals surface area contributed by atoms with Gasteiger partial charge in [0.05, 0.1) is 0 Å². The van der Waals surface area contributed by atoms with E-state index in [9.17, 15) is 0 Å². The van der Waals surface area contributed by atoms with Crippen LogP contribution in [0.2, 0.25) is 0 Å². The predicted octanol–water partition coefficient (Wildman–Crippen LogP) is 2.40. The molecule has 1 aromatic carbocycles. The summed E-state index contributed by atoms with van der Waals surface area (Å²) in [7, 11) is 0. The first kappa shape index (κ1) is 9.41. The molecule has 0 atom stereocenters. The fourth-order valence-electron chi connectivity index (χ4n) is 3.24. The van der Waals surface area contributed by atoms with Crippen LogP contribution in [0, 0.1) is 11.8 Å². The van der Waals surface area contributed by atoms with Crippen molar-refractivity contribution in [1.82, 2.24) is 5.32 Å². The molecule has 2 aliphatic rings. The fraction of sp³-hybridized carbons (Fsp3) is 0.571. The molecular formula is C14H19N. The molecular weight excluding hydrogens is 182 g/mol. The molecule has 0 aromatic heterocycles. The quantitative estimate of drug-likeness (QED) is 0.735. The Balaban J connectivity index is 1.72.